The predicted molar refractivity (Wildman–Crippen MR) is 219 cm³/mol. The first-order chi connectivity index (χ1) is 26.5. The zero-order chi connectivity index (χ0) is 34.9. The Balaban J connectivity index is 1.12. The van der Waals surface area contributed by atoms with E-state index in [1.54, 1.807) is 27.5 Å². The number of nitrogens with zero attached hydrogens (tertiary/aromatic N) is 2. The minimum Gasteiger partial charge on any atom is -0.456 e. The van der Waals surface area contributed by atoms with Gasteiger partial charge in [0.15, 0.2) is 0 Å². The normalized spacial score (nSPS) is 33.0. The van der Waals surface area contributed by atoms with Gasteiger partial charge in [0.2, 0.25) is 0 Å². The number of hydrogen-bond acceptors (Lipinski definition) is 2. The SMILES string of the molecule is Cc1ccc2oc3ccccc3c2c1-c1cc2c3c4c(ncc3n3c5c(C)cc6c(c5c(c1)c23)C1CC2CCC(C6)C(C2)C1)C1CC2CC3CC4CC23C1. The van der Waals surface area contributed by atoms with Gasteiger partial charge in [0.05, 0.1) is 22.7 Å². The van der Waals surface area contributed by atoms with Crippen molar-refractivity contribution in [2.45, 2.75) is 102 Å². The van der Waals surface area contributed by atoms with E-state index < -0.39 is 0 Å². The molecule has 5 saturated carbocycles. The molecule has 4 heterocycles. The Morgan fingerprint density at radius 2 is 1.54 bits per heavy atom. The second-order valence-corrected chi connectivity index (χ2v) is 20.0. The molecule has 0 amide bonds. The number of hydrogen-bond donors (Lipinski definition) is 0. The van der Waals surface area contributed by atoms with E-state index in [9.17, 15) is 0 Å². The van der Waals surface area contributed by atoms with Gasteiger partial charge < -0.3 is 8.82 Å². The fourth-order valence-corrected chi connectivity index (χ4v) is 16.0. The van der Waals surface area contributed by atoms with Crippen LogP contribution in [-0.4, -0.2) is 9.38 Å². The van der Waals surface area contributed by atoms with Crippen molar-refractivity contribution in [3.63, 3.8) is 0 Å². The fourth-order valence-electron chi connectivity index (χ4n) is 16.0. The van der Waals surface area contributed by atoms with Crippen molar-refractivity contribution in [2.24, 2.45) is 35.0 Å². The van der Waals surface area contributed by atoms with Crippen LogP contribution in [-0.2, 0) is 6.42 Å². The molecule has 0 aliphatic heterocycles. The maximum absolute atomic E-state index is 6.56. The van der Waals surface area contributed by atoms with Crippen molar-refractivity contribution in [3.05, 3.63) is 94.3 Å². The molecule has 3 heteroatoms. The summed E-state index contributed by atoms with van der Waals surface area (Å²) >= 11 is 0. The van der Waals surface area contributed by atoms with E-state index in [2.05, 4.69) is 79.0 Å². The lowest BCUT2D eigenvalue weighted by Crippen LogP contribution is -2.41. The first kappa shape index (κ1) is 29.0. The molecule has 266 valence electrons. The molecule has 7 aliphatic rings. The zero-order valence-electron chi connectivity index (χ0n) is 31.5. The quantitative estimate of drug-likeness (QED) is 0.170. The minimum absolute atomic E-state index is 0.612. The van der Waals surface area contributed by atoms with E-state index >= 15 is 0 Å². The lowest BCUT2D eigenvalue weighted by molar-refractivity contribution is 0.00321. The highest BCUT2D eigenvalue weighted by molar-refractivity contribution is 6.27. The summed E-state index contributed by atoms with van der Waals surface area (Å²) in [6.07, 6.45) is 17.8. The summed E-state index contributed by atoms with van der Waals surface area (Å²) in [4.78, 5) is 5.59. The number of rotatable bonds is 1. The maximum atomic E-state index is 6.56. The van der Waals surface area contributed by atoms with Crippen LogP contribution in [0.1, 0.15) is 115 Å². The lowest BCUT2D eigenvalue weighted by Gasteiger charge is -2.48. The predicted octanol–water partition coefficient (Wildman–Crippen LogP) is 13.3. The van der Waals surface area contributed by atoms with Gasteiger partial charge in [0.25, 0.3) is 0 Å². The smallest absolute Gasteiger partial charge is 0.136 e. The molecule has 4 aromatic heterocycles. The summed E-state index contributed by atoms with van der Waals surface area (Å²) in [5.74, 6) is 6.53. The molecule has 3 nitrogen and oxygen atoms in total. The molecule has 1 spiro atoms. The van der Waals surface area contributed by atoms with Gasteiger partial charge >= 0.3 is 0 Å². The van der Waals surface area contributed by atoms with E-state index in [4.69, 9.17) is 9.40 Å². The molecule has 54 heavy (non-hydrogen) atoms. The maximum Gasteiger partial charge on any atom is 0.136 e. The molecule has 0 saturated heterocycles. The van der Waals surface area contributed by atoms with Gasteiger partial charge in [-0.2, -0.15) is 0 Å². The Morgan fingerprint density at radius 1 is 0.685 bits per heavy atom. The number of benzene rings is 4. The van der Waals surface area contributed by atoms with Gasteiger partial charge in [-0.05, 0) is 188 Å². The second kappa shape index (κ2) is 9.35. The van der Waals surface area contributed by atoms with Crippen molar-refractivity contribution < 1.29 is 4.42 Å². The largest absolute Gasteiger partial charge is 0.456 e. The van der Waals surface area contributed by atoms with Crippen LogP contribution >= 0.6 is 0 Å². The zero-order valence-corrected chi connectivity index (χ0v) is 31.5. The van der Waals surface area contributed by atoms with Crippen molar-refractivity contribution in [3.8, 4) is 11.1 Å². The number of pyridine rings is 1. The van der Waals surface area contributed by atoms with Gasteiger partial charge in [-0.1, -0.05) is 36.8 Å². The molecule has 9 atom stereocenters. The first-order valence-corrected chi connectivity index (χ1v) is 21.6. The average Bonchev–Trinajstić information content (AvgIpc) is 3.93. The summed E-state index contributed by atoms with van der Waals surface area (Å²) in [7, 11) is 0. The van der Waals surface area contributed by atoms with Crippen molar-refractivity contribution in [2.75, 3.05) is 0 Å². The van der Waals surface area contributed by atoms with Crippen LogP contribution in [0.2, 0.25) is 0 Å². The van der Waals surface area contributed by atoms with Crippen LogP contribution in [0.25, 0.3) is 71.2 Å². The molecule has 4 aromatic carbocycles. The molecule has 0 radical (unpaired) electrons. The van der Waals surface area contributed by atoms with Crippen molar-refractivity contribution >= 4 is 60.0 Å². The van der Waals surface area contributed by atoms with E-state index in [1.165, 1.54) is 137 Å². The molecule has 9 unspecified atom stereocenters. The first-order valence-electron chi connectivity index (χ1n) is 21.6. The molecule has 0 N–H and O–H groups in total. The van der Waals surface area contributed by atoms with Gasteiger partial charge in [-0.3, -0.25) is 4.98 Å². The van der Waals surface area contributed by atoms with Gasteiger partial charge in [0, 0.05) is 43.9 Å². The van der Waals surface area contributed by atoms with Crippen LogP contribution < -0.4 is 0 Å². The monoisotopic (exact) mass is 702 g/mol. The molecule has 5 fully saturated rings. The van der Waals surface area contributed by atoms with Crippen molar-refractivity contribution in [1.82, 2.24) is 9.38 Å². The topological polar surface area (TPSA) is 30.4 Å². The van der Waals surface area contributed by atoms with Gasteiger partial charge in [-0.25, -0.2) is 0 Å². The number of furan rings is 1. The Hall–Kier alpha value is -4.37. The van der Waals surface area contributed by atoms with E-state index in [-0.39, 0.29) is 0 Å². The standard InChI is InChI=1S/C51H46N2O/c1-24-7-10-41-46(36-5-3-4-6-40(36)54-41)42(24)31-18-37-45-39(23-52-48-33-17-35-20-34-16-32(44(45)48)21-51(34,35)22-33)53-49-25(2)11-29-14-27-9-8-26-12-28(27)15-30(13-26)43(29)47(49)38(19-31)50(37)53/h3-7,10-11,18-19,23,26-28,30,32-35H,8-9,12-17,20-22H2,1-2H3. The molecular weight excluding hydrogens is 657 g/mol. The molecule has 7 aliphatic carbocycles. The Kier molecular flexibility index (Phi) is 5.02. The molecular formula is C51H46N2O. The fraction of sp³-hybridized carbons (Fsp3) is 0.431. The van der Waals surface area contributed by atoms with Crippen LogP contribution in [0.5, 0.6) is 0 Å². The number of fused-ring (bicyclic) bond motifs is 20. The minimum atomic E-state index is 0.612. The molecule has 8 aromatic rings. The van der Waals surface area contributed by atoms with E-state index in [0.717, 1.165) is 40.8 Å². The summed E-state index contributed by atoms with van der Waals surface area (Å²) < 4.78 is 9.31. The lowest BCUT2D eigenvalue weighted by atomic mass is 9.56. The van der Waals surface area contributed by atoms with Crippen LogP contribution in [0.15, 0.2) is 65.2 Å². The Morgan fingerprint density at radius 3 is 2.46 bits per heavy atom. The summed E-state index contributed by atoms with van der Waals surface area (Å²) in [5, 5.41) is 8.58. The third-order valence-corrected chi connectivity index (χ3v) is 17.8. The van der Waals surface area contributed by atoms with Gasteiger partial charge in [0.1, 0.15) is 11.2 Å². The Bertz CT molecular complexity index is 3030. The van der Waals surface area contributed by atoms with Crippen molar-refractivity contribution in [1.29, 1.82) is 0 Å². The molecule has 15 rings (SSSR count). The van der Waals surface area contributed by atoms with Crippen LogP contribution in [0.3, 0.4) is 0 Å². The third-order valence-electron chi connectivity index (χ3n) is 17.8. The highest BCUT2D eigenvalue weighted by Gasteiger charge is 2.66. The van der Waals surface area contributed by atoms with Gasteiger partial charge in [-0.15, -0.1) is 0 Å². The summed E-state index contributed by atoms with van der Waals surface area (Å²) in [6, 6.07) is 21.1. The third kappa shape index (κ3) is 3.21. The molecule has 6 bridgehead atoms. The highest BCUT2D eigenvalue weighted by atomic mass is 16.3. The number of para-hydroxylation sites is 1. The Labute approximate surface area is 315 Å². The highest BCUT2D eigenvalue weighted by Crippen LogP contribution is 2.76. The van der Waals surface area contributed by atoms with Crippen LogP contribution in [0.4, 0.5) is 0 Å². The van der Waals surface area contributed by atoms with E-state index in [0.29, 0.717) is 23.2 Å². The number of aromatic nitrogens is 2. The average molecular weight is 703 g/mol. The number of aryl methyl sites for hydroxylation is 2. The summed E-state index contributed by atoms with van der Waals surface area (Å²) in [6.45, 7) is 4.76. The van der Waals surface area contributed by atoms with E-state index in [1.807, 2.05) is 0 Å². The van der Waals surface area contributed by atoms with Crippen LogP contribution in [0, 0.1) is 48.9 Å². The summed E-state index contributed by atoms with van der Waals surface area (Å²) in [5.41, 5.74) is 18.9. The second-order valence-electron chi connectivity index (χ2n) is 20.0.